The van der Waals surface area contributed by atoms with Crippen molar-refractivity contribution in [1.82, 2.24) is 9.99 Å². The van der Waals surface area contributed by atoms with E-state index in [9.17, 15) is 9.18 Å². The molecule has 38 heavy (non-hydrogen) atoms. The highest BCUT2D eigenvalue weighted by atomic mass is 19.1. The van der Waals surface area contributed by atoms with Gasteiger partial charge in [0.05, 0.1) is 24.2 Å². The number of benzene rings is 4. The fraction of sp³-hybridized carbons (Fsp3) is 0.0625. The number of ether oxygens (including phenoxy) is 1. The van der Waals surface area contributed by atoms with Crippen molar-refractivity contribution in [2.45, 2.75) is 6.92 Å². The molecule has 1 N–H and O–H groups in total. The summed E-state index contributed by atoms with van der Waals surface area (Å²) in [6.45, 7) is 2.55. The fourth-order valence-electron chi connectivity index (χ4n) is 4.32. The standard InChI is InChI=1S/C32H26FN3O2/c1-2-38-29-18-16-28(17-19-29)36-30(23-10-5-3-6-11-23)21-26(31(36)24-12-7-4-8-13-24)22-34-35-32(37)25-14-9-15-27(33)20-25/h3-22H,2H2,1H3,(H,35,37)/b34-22-. The molecule has 1 aromatic heterocycles. The summed E-state index contributed by atoms with van der Waals surface area (Å²) >= 11 is 0. The third-order valence-electron chi connectivity index (χ3n) is 6.01. The van der Waals surface area contributed by atoms with E-state index in [2.05, 4.69) is 27.2 Å². The van der Waals surface area contributed by atoms with Gasteiger partial charge in [-0.1, -0.05) is 66.7 Å². The van der Waals surface area contributed by atoms with E-state index in [1.54, 1.807) is 12.3 Å². The molecular weight excluding hydrogens is 477 g/mol. The molecule has 1 amide bonds. The van der Waals surface area contributed by atoms with Gasteiger partial charge in [-0.3, -0.25) is 4.79 Å². The molecule has 0 fully saturated rings. The van der Waals surface area contributed by atoms with E-state index in [1.165, 1.54) is 18.2 Å². The molecule has 0 aliphatic carbocycles. The summed E-state index contributed by atoms with van der Waals surface area (Å²) in [4.78, 5) is 12.5. The van der Waals surface area contributed by atoms with Crippen molar-refractivity contribution < 1.29 is 13.9 Å². The number of carbonyl (C=O) groups is 1. The maximum Gasteiger partial charge on any atom is 0.271 e. The lowest BCUT2D eigenvalue weighted by Gasteiger charge is -2.15. The summed E-state index contributed by atoms with van der Waals surface area (Å²) in [6.07, 6.45) is 1.62. The predicted octanol–water partition coefficient (Wildman–Crippen LogP) is 7.11. The quantitative estimate of drug-likeness (QED) is 0.181. The number of carbonyl (C=O) groups excluding carboxylic acids is 1. The van der Waals surface area contributed by atoms with Gasteiger partial charge in [0.15, 0.2) is 0 Å². The van der Waals surface area contributed by atoms with Crippen LogP contribution in [-0.4, -0.2) is 23.3 Å². The van der Waals surface area contributed by atoms with E-state index >= 15 is 0 Å². The van der Waals surface area contributed by atoms with Crippen LogP contribution in [0.3, 0.4) is 0 Å². The first-order valence-electron chi connectivity index (χ1n) is 12.3. The normalized spacial score (nSPS) is 11.0. The largest absolute Gasteiger partial charge is 0.494 e. The van der Waals surface area contributed by atoms with E-state index in [0.717, 1.165) is 39.5 Å². The van der Waals surface area contributed by atoms with E-state index in [4.69, 9.17) is 4.74 Å². The first-order chi connectivity index (χ1) is 18.6. The molecule has 0 saturated carbocycles. The number of hydrogen-bond donors (Lipinski definition) is 1. The molecule has 188 valence electrons. The van der Waals surface area contributed by atoms with Crippen LogP contribution in [0.4, 0.5) is 4.39 Å². The third kappa shape index (κ3) is 5.39. The molecule has 0 radical (unpaired) electrons. The molecule has 0 aliphatic heterocycles. The van der Waals surface area contributed by atoms with Crippen LogP contribution in [0.25, 0.3) is 28.2 Å². The molecule has 0 saturated heterocycles. The fourth-order valence-corrected chi connectivity index (χ4v) is 4.32. The highest BCUT2D eigenvalue weighted by Crippen LogP contribution is 2.35. The molecule has 0 bridgehead atoms. The SMILES string of the molecule is CCOc1ccc(-n2c(-c3ccccc3)cc(/C=N\NC(=O)c3cccc(F)c3)c2-c2ccccc2)cc1. The van der Waals surface area contributed by atoms with Crippen LogP contribution in [0.5, 0.6) is 5.75 Å². The molecule has 0 aliphatic rings. The van der Waals surface area contributed by atoms with E-state index in [-0.39, 0.29) is 5.56 Å². The molecule has 5 aromatic rings. The Balaban J connectivity index is 1.62. The van der Waals surface area contributed by atoms with Crippen molar-refractivity contribution in [3.8, 4) is 34.0 Å². The van der Waals surface area contributed by atoms with Crippen molar-refractivity contribution in [2.75, 3.05) is 6.61 Å². The molecule has 1 heterocycles. The average Bonchev–Trinajstić information content (AvgIpc) is 3.34. The van der Waals surface area contributed by atoms with Gasteiger partial charge in [-0.05, 0) is 66.6 Å². The van der Waals surface area contributed by atoms with E-state index in [1.807, 2.05) is 85.8 Å². The molecule has 5 nitrogen and oxygen atoms in total. The Morgan fingerprint density at radius 3 is 2.21 bits per heavy atom. The predicted molar refractivity (Wildman–Crippen MR) is 149 cm³/mol. The Labute approximate surface area is 220 Å². The smallest absolute Gasteiger partial charge is 0.271 e. The van der Waals surface area contributed by atoms with E-state index in [0.29, 0.717) is 6.61 Å². The first kappa shape index (κ1) is 24.7. The molecule has 0 unspecified atom stereocenters. The summed E-state index contributed by atoms with van der Waals surface area (Å²) in [7, 11) is 0. The zero-order valence-electron chi connectivity index (χ0n) is 20.8. The number of aromatic nitrogens is 1. The molecule has 4 aromatic carbocycles. The maximum atomic E-state index is 13.6. The van der Waals surface area contributed by atoms with Gasteiger partial charge in [-0.15, -0.1) is 0 Å². The summed E-state index contributed by atoms with van der Waals surface area (Å²) < 4.78 is 21.4. The zero-order chi connectivity index (χ0) is 26.3. The van der Waals surface area contributed by atoms with Gasteiger partial charge in [0.1, 0.15) is 11.6 Å². The third-order valence-corrected chi connectivity index (χ3v) is 6.01. The minimum absolute atomic E-state index is 0.197. The van der Waals surface area contributed by atoms with Crippen LogP contribution in [0, 0.1) is 5.82 Å². The Morgan fingerprint density at radius 2 is 1.55 bits per heavy atom. The summed E-state index contributed by atoms with van der Waals surface area (Å²) in [5.41, 5.74) is 8.38. The number of hydrogen-bond acceptors (Lipinski definition) is 3. The lowest BCUT2D eigenvalue weighted by Crippen LogP contribution is -2.17. The molecular formula is C32H26FN3O2. The number of hydrazone groups is 1. The van der Waals surface area contributed by atoms with Crippen LogP contribution in [-0.2, 0) is 0 Å². The number of nitrogens with zero attached hydrogens (tertiary/aromatic N) is 2. The summed E-state index contributed by atoms with van der Waals surface area (Å²) in [6, 6.07) is 35.6. The lowest BCUT2D eigenvalue weighted by atomic mass is 10.1. The molecule has 5 rings (SSSR count). The van der Waals surface area contributed by atoms with Gasteiger partial charge in [0.2, 0.25) is 0 Å². The molecule has 0 atom stereocenters. The topological polar surface area (TPSA) is 55.6 Å². The van der Waals surface area contributed by atoms with Crippen molar-refractivity contribution in [3.63, 3.8) is 0 Å². The van der Waals surface area contributed by atoms with Crippen molar-refractivity contribution in [2.24, 2.45) is 5.10 Å². The molecule has 0 spiro atoms. The lowest BCUT2D eigenvalue weighted by molar-refractivity contribution is 0.0954. The van der Waals surface area contributed by atoms with Crippen LogP contribution < -0.4 is 10.2 Å². The Kier molecular flexibility index (Phi) is 7.41. The van der Waals surface area contributed by atoms with Crippen LogP contribution in [0.15, 0.2) is 120 Å². The Morgan fingerprint density at radius 1 is 0.868 bits per heavy atom. The Hall–Kier alpha value is -4.97. The summed E-state index contributed by atoms with van der Waals surface area (Å²) in [5, 5.41) is 4.23. The van der Waals surface area contributed by atoms with E-state index < -0.39 is 11.7 Å². The van der Waals surface area contributed by atoms with Gasteiger partial charge in [0.25, 0.3) is 5.91 Å². The van der Waals surface area contributed by atoms with Gasteiger partial charge in [-0.2, -0.15) is 5.10 Å². The highest BCUT2D eigenvalue weighted by Gasteiger charge is 2.19. The highest BCUT2D eigenvalue weighted by molar-refractivity contribution is 5.97. The van der Waals surface area contributed by atoms with Crippen LogP contribution in [0.2, 0.25) is 0 Å². The van der Waals surface area contributed by atoms with Gasteiger partial charge >= 0.3 is 0 Å². The monoisotopic (exact) mass is 503 g/mol. The zero-order valence-corrected chi connectivity index (χ0v) is 20.8. The van der Waals surface area contributed by atoms with Gasteiger partial charge in [0, 0.05) is 16.8 Å². The number of rotatable bonds is 8. The number of nitrogens with one attached hydrogen (secondary N) is 1. The maximum absolute atomic E-state index is 13.6. The van der Waals surface area contributed by atoms with Gasteiger partial charge in [-0.25, -0.2) is 9.82 Å². The molecule has 6 heteroatoms. The second kappa shape index (κ2) is 11.4. The van der Waals surface area contributed by atoms with Crippen molar-refractivity contribution >= 4 is 12.1 Å². The average molecular weight is 504 g/mol. The Bertz CT molecular complexity index is 1560. The van der Waals surface area contributed by atoms with Gasteiger partial charge < -0.3 is 9.30 Å². The van der Waals surface area contributed by atoms with Crippen molar-refractivity contribution in [1.29, 1.82) is 0 Å². The van der Waals surface area contributed by atoms with Crippen LogP contribution >= 0.6 is 0 Å². The summed E-state index contributed by atoms with van der Waals surface area (Å²) in [5.74, 6) is -0.169. The first-order valence-corrected chi connectivity index (χ1v) is 12.3. The second-order valence-electron chi connectivity index (χ2n) is 8.54. The van der Waals surface area contributed by atoms with Crippen LogP contribution in [0.1, 0.15) is 22.8 Å². The number of halogens is 1. The minimum atomic E-state index is -0.490. The minimum Gasteiger partial charge on any atom is -0.494 e. The van der Waals surface area contributed by atoms with Crippen molar-refractivity contribution in [3.05, 3.63) is 132 Å². The number of amides is 1. The second-order valence-corrected chi connectivity index (χ2v) is 8.54.